The maximum atomic E-state index is 13.5. The lowest BCUT2D eigenvalue weighted by molar-refractivity contribution is -0.118. The van der Waals surface area contributed by atoms with Gasteiger partial charge < -0.3 is 15.0 Å². The fourth-order valence-corrected chi connectivity index (χ4v) is 2.77. The summed E-state index contributed by atoms with van der Waals surface area (Å²) in [7, 11) is 0. The van der Waals surface area contributed by atoms with Crippen LogP contribution in [0.1, 0.15) is 23.2 Å². The first kappa shape index (κ1) is 17.8. The van der Waals surface area contributed by atoms with Gasteiger partial charge in [-0.3, -0.25) is 9.59 Å². The summed E-state index contributed by atoms with van der Waals surface area (Å²) in [6.07, 6.45) is 2.00. The number of hydrogen-bond acceptors (Lipinski definition) is 3. The molecular formula is C19H18F2N2O3. The Kier molecular flexibility index (Phi) is 5.46. The number of likely N-dealkylation sites (tertiary alicyclic amines) is 1. The zero-order valence-electron chi connectivity index (χ0n) is 14.0. The molecule has 7 heteroatoms. The Morgan fingerprint density at radius 3 is 2.58 bits per heavy atom. The summed E-state index contributed by atoms with van der Waals surface area (Å²) in [5.74, 6) is -2.39. The molecule has 0 spiro atoms. The van der Waals surface area contributed by atoms with Crippen molar-refractivity contribution in [2.24, 2.45) is 0 Å². The molecule has 0 radical (unpaired) electrons. The van der Waals surface area contributed by atoms with Gasteiger partial charge in [0.15, 0.2) is 18.2 Å². The number of nitrogens with one attached hydrogen (secondary N) is 1. The van der Waals surface area contributed by atoms with Gasteiger partial charge in [0.1, 0.15) is 5.82 Å². The molecule has 2 aromatic rings. The number of benzene rings is 2. The summed E-state index contributed by atoms with van der Waals surface area (Å²) < 4.78 is 31.4. The Hall–Kier alpha value is -2.96. The fourth-order valence-electron chi connectivity index (χ4n) is 2.77. The number of nitrogens with zero attached hydrogens (tertiary/aromatic N) is 1. The molecule has 1 aliphatic rings. The number of carbonyl (C=O) groups excluding carboxylic acids is 2. The molecule has 1 fully saturated rings. The van der Waals surface area contributed by atoms with Crippen molar-refractivity contribution in [3.05, 3.63) is 59.7 Å². The average molecular weight is 360 g/mol. The van der Waals surface area contributed by atoms with E-state index in [0.29, 0.717) is 17.3 Å². The van der Waals surface area contributed by atoms with Crippen LogP contribution >= 0.6 is 0 Å². The van der Waals surface area contributed by atoms with E-state index < -0.39 is 24.1 Å². The highest BCUT2D eigenvalue weighted by atomic mass is 19.1. The second kappa shape index (κ2) is 7.95. The Morgan fingerprint density at radius 2 is 1.85 bits per heavy atom. The third kappa shape index (κ3) is 4.36. The molecule has 0 aromatic heterocycles. The van der Waals surface area contributed by atoms with E-state index >= 15 is 0 Å². The molecular weight excluding hydrogens is 342 g/mol. The topological polar surface area (TPSA) is 58.6 Å². The van der Waals surface area contributed by atoms with Crippen molar-refractivity contribution in [1.29, 1.82) is 0 Å². The van der Waals surface area contributed by atoms with Crippen LogP contribution in [0.4, 0.5) is 14.5 Å². The van der Waals surface area contributed by atoms with Crippen LogP contribution in [-0.2, 0) is 4.79 Å². The van der Waals surface area contributed by atoms with E-state index in [2.05, 4.69) is 5.32 Å². The predicted octanol–water partition coefficient (Wildman–Crippen LogP) is 3.22. The number of anilines is 1. The van der Waals surface area contributed by atoms with Crippen LogP contribution < -0.4 is 10.1 Å². The largest absolute Gasteiger partial charge is 0.481 e. The predicted molar refractivity (Wildman–Crippen MR) is 92.1 cm³/mol. The van der Waals surface area contributed by atoms with Crippen molar-refractivity contribution < 1.29 is 23.1 Å². The minimum absolute atomic E-state index is 0.0665. The molecule has 0 bridgehead atoms. The monoisotopic (exact) mass is 360 g/mol. The highest BCUT2D eigenvalue weighted by molar-refractivity contribution is 5.97. The standard InChI is InChI=1S/C19H18F2N2O3/c20-14-6-7-17(16(21)11-14)26-12-18(24)22-15-5-3-4-13(10-15)19(25)23-8-1-2-9-23/h3-7,10-11H,1-2,8-9,12H2,(H,22,24). The van der Waals surface area contributed by atoms with Crippen LogP contribution in [0, 0.1) is 11.6 Å². The van der Waals surface area contributed by atoms with Gasteiger partial charge in [0.05, 0.1) is 0 Å². The van der Waals surface area contributed by atoms with Crippen LogP contribution in [0.25, 0.3) is 0 Å². The maximum Gasteiger partial charge on any atom is 0.262 e. The van der Waals surface area contributed by atoms with E-state index in [1.807, 2.05) is 0 Å². The van der Waals surface area contributed by atoms with E-state index in [1.54, 1.807) is 29.2 Å². The second-order valence-corrected chi connectivity index (χ2v) is 5.99. The molecule has 0 aliphatic carbocycles. The van der Waals surface area contributed by atoms with Crippen LogP contribution in [0.5, 0.6) is 5.75 Å². The molecule has 0 unspecified atom stereocenters. The van der Waals surface area contributed by atoms with E-state index in [9.17, 15) is 18.4 Å². The smallest absolute Gasteiger partial charge is 0.262 e. The van der Waals surface area contributed by atoms with Crippen molar-refractivity contribution in [3.8, 4) is 5.75 Å². The zero-order chi connectivity index (χ0) is 18.5. The summed E-state index contributed by atoms with van der Waals surface area (Å²) in [4.78, 5) is 26.1. The van der Waals surface area contributed by atoms with Gasteiger partial charge in [-0.25, -0.2) is 8.78 Å². The molecule has 1 heterocycles. The first-order chi connectivity index (χ1) is 12.5. The average Bonchev–Trinajstić information content (AvgIpc) is 3.15. The van der Waals surface area contributed by atoms with E-state index in [0.717, 1.165) is 38.1 Å². The second-order valence-electron chi connectivity index (χ2n) is 5.99. The molecule has 5 nitrogen and oxygen atoms in total. The lowest BCUT2D eigenvalue weighted by Crippen LogP contribution is -2.27. The molecule has 0 saturated carbocycles. The summed E-state index contributed by atoms with van der Waals surface area (Å²) in [6.45, 7) is 1.05. The minimum Gasteiger partial charge on any atom is -0.481 e. The fraction of sp³-hybridized carbons (Fsp3) is 0.263. The molecule has 1 N–H and O–H groups in total. The molecule has 2 aromatic carbocycles. The summed E-state index contributed by atoms with van der Waals surface area (Å²) >= 11 is 0. The molecule has 0 atom stereocenters. The molecule has 3 rings (SSSR count). The number of halogens is 2. The van der Waals surface area contributed by atoms with Gasteiger partial charge in [0, 0.05) is 30.4 Å². The van der Waals surface area contributed by atoms with Gasteiger partial charge in [-0.1, -0.05) is 6.07 Å². The van der Waals surface area contributed by atoms with Crippen molar-refractivity contribution >= 4 is 17.5 Å². The number of carbonyl (C=O) groups is 2. The molecule has 136 valence electrons. The van der Waals surface area contributed by atoms with Gasteiger partial charge in [-0.2, -0.15) is 0 Å². The van der Waals surface area contributed by atoms with Crippen molar-refractivity contribution in [2.45, 2.75) is 12.8 Å². The lowest BCUT2D eigenvalue weighted by Gasteiger charge is -2.16. The van der Waals surface area contributed by atoms with Crippen LogP contribution in [0.2, 0.25) is 0 Å². The summed E-state index contributed by atoms with van der Waals surface area (Å²) in [5.41, 5.74) is 0.943. The van der Waals surface area contributed by atoms with Crippen molar-refractivity contribution in [1.82, 2.24) is 4.90 Å². The van der Waals surface area contributed by atoms with Crippen LogP contribution in [0.15, 0.2) is 42.5 Å². The quantitative estimate of drug-likeness (QED) is 0.891. The third-order valence-corrected chi connectivity index (χ3v) is 4.04. The molecule has 2 amide bonds. The lowest BCUT2D eigenvalue weighted by atomic mass is 10.1. The summed E-state index contributed by atoms with van der Waals surface area (Å²) in [6, 6.07) is 9.46. The number of hydrogen-bond donors (Lipinski definition) is 1. The Morgan fingerprint density at radius 1 is 1.08 bits per heavy atom. The minimum atomic E-state index is -0.879. The highest BCUT2D eigenvalue weighted by Crippen LogP contribution is 2.18. The Bertz CT molecular complexity index is 820. The van der Waals surface area contributed by atoms with Crippen molar-refractivity contribution in [2.75, 3.05) is 25.0 Å². The van der Waals surface area contributed by atoms with Gasteiger partial charge in [-0.05, 0) is 43.2 Å². The number of rotatable bonds is 5. The normalized spacial score (nSPS) is 13.5. The maximum absolute atomic E-state index is 13.5. The number of amides is 2. The molecule has 1 aliphatic heterocycles. The van der Waals surface area contributed by atoms with E-state index in [1.165, 1.54) is 0 Å². The molecule has 1 saturated heterocycles. The van der Waals surface area contributed by atoms with Gasteiger partial charge in [0.25, 0.3) is 11.8 Å². The van der Waals surface area contributed by atoms with Gasteiger partial charge in [0.2, 0.25) is 0 Å². The third-order valence-electron chi connectivity index (χ3n) is 4.04. The number of ether oxygens (including phenoxy) is 1. The highest BCUT2D eigenvalue weighted by Gasteiger charge is 2.19. The van der Waals surface area contributed by atoms with Gasteiger partial charge >= 0.3 is 0 Å². The Labute approximate surface area is 149 Å². The van der Waals surface area contributed by atoms with Crippen LogP contribution in [0.3, 0.4) is 0 Å². The van der Waals surface area contributed by atoms with E-state index in [-0.39, 0.29) is 11.7 Å². The molecule has 26 heavy (non-hydrogen) atoms. The van der Waals surface area contributed by atoms with Crippen LogP contribution in [-0.4, -0.2) is 36.4 Å². The van der Waals surface area contributed by atoms with Gasteiger partial charge in [-0.15, -0.1) is 0 Å². The van der Waals surface area contributed by atoms with E-state index in [4.69, 9.17) is 4.74 Å². The SMILES string of the molecule is O=C(COc1ccc(F)cc1F)Nc1cccc(C(=O)N2CCCC2)c1. The summed E-state index contributed by atoms with van der Waals surface area (Å²) in [5, 5.41) is 2.60. The first-order valence-corrected chi connectivity index (χ1v) is 8.30. The Balaban J connectivity index is 1.58. The first-order valence-electron chi connectivity index (χ1n) is 8.30. The van der Waals surface area contributed by atoms with Crippen molar-refractivity contribution in [3.63, 3.8) is 0 Å². The zero-order valence-corrected chi connectivity index (χ0v) is 14.0.